The maximum atomic E-state index is 11.4. The monoisotopic (exact) mass is 259 g/mol. The number of aliphatic carboxylic acids is 1. The minimum Gasteiger partial charge on any atom is -0.480 e. The second-order valence-corrected chi connectivity index (χ2v) is 4.44. The summed E-state index contributed by atoms with van der Waals surface area (Å²) in [6.07, 6.45) is 1.43. The molecule has 2 atom stereocenters. The minimum atomic E-state index is -1.01. The van der Waals surface area contributed by atoms with Gasteiger partial charge in [-0.15, -0.1) is 0 Å². The first-order chi connectivity index (χ1) is 8.42. The second-order valence-electron chi connectivity index (χ2n) is 4.44. The van der Waals surface area contributed by atoms with E-state index in [1.165, 1.54) is 0 Å². The summed E-state index contributed by atoms with van der Waals surface area (Å²) in [4.78, 5) is 24.3. The summed E-state index contributed by atoms with van der Waals surface area (Å²) >= 11 is 0. The van der Waals surface area contributed by atoms with Crippen LogP contribution >= 0.6 is 0 Å². The number of carboxylic acids is 1. The molecule has 6 heteroatoms. The van der Waals surface area contributed by atoms with Gasteiger partial charge in [-0.1, -0.05) is 13.8 Å². The molecule has 1 unspecified atom stereocenters. The van der Waals surface area contributed by atoms with Crippen molar-refractivity contribution in [2.75, 3.05) is 20.1 Å². The number of hydrogen-bond acceptors (Lipinski definition) is 3. The maximum absolute atomic E-state index is 11.4. The van der Waals surface area contributed by atoms with Crippen LogP contribution in [0, 0.1) is 0 Å². The van der Waals surface area contributed by atoms with Crippen LogP contribution in [0.15, 0.2) is 0 Å². The van der Waals surface area contributed by atoms with Gasteiger partial charge in [0.1, 0.15) is 6.04 Å². The molecule has 0 aromatic heterocycles. The third-order valence-corrected chi connectivity index (χ3v) is 3.11. The SMILES string of the molecule is CCC(C)N(C)CCNC(=O)N[C@@H](CC)C(=O)O. The quantitative estimate of drug-likeness (QED) is 0.604. The second kappa shape index (κ2) is 8.74. The molecular weight excluding hydrogens is 234 g/mol. The molecule has 0 rings (SSSR count). The Morgan fingerprint density at radius 1 is 1.28 bits per heavy atom. The Morgan fingerprint density at radius 3 is 2.33 bits per heavy atom. The van der Waals surface area contributed by atoms with Crippen molar-refractivity contribution in [1.82, 2.24) is 15.5 Å². The zero-order valence-electron chi connectivity index (χ0n) is 11.7. The molecule has 6 nitrogen and oxygen atoms in total. The van der Waals surface area contributed by atoms with Crippen LogP contribution in [0.3, 0.4) is 0 Å². The highest BCUT2D eigenvalue weighted by Crippen LogP contribution is 1.98. The molecular formula is C12H25N3O3. The van der Waals surface area contributed by atoms with Gasteiger partial charge in [0.2, 0.25) is 0 Å². The van der Waals surface area contributed by atoms with Gasteiger partial charge in [-0.2, -0.15) is 0 Å². The lowest BCUT2D eigenvalue weighted by Gasteiger charge is -2.23. The molecule has 106 valence electrons. The summed E-state index contributed by atoms with van der Waals surface area (Å²) in [6.45, 7) is 7.20. The fourth-order valence-corrected chi connectivity index (χ4v) is 1.43. The number of rotatable bonds is 8. The number of urea groups is 1. The van der Waals surface area contributed by atoms with Gasteiger partial charge in [-0.25, -0.2) is 9.59 Å². The molecule has 3 N–H and O–H groups in total. The normalized spacial score (nSPS) is 14.1. The lowest BCUT2D eigenvalue weighted by Crippen LogP contribution is -2.47. The first kappa shape index (κ1) is 16.7. The number of nitrogens with one attached hydrogen (secondary N) is 2. The zero-order valence-corrected chi connectivity index (χ0v) is 11.7. The van der Waals surface area contributed by atoms with Crippen LogP contribution in [0.4, 0.5) is 4.79 Å². The molecule has 0 radical (unpaired) electrons. The molecule has 0 aromatic carbocycles. The molecule has 0 saturated heterocycles. The highest BCUT2D eigenvalue weighted by Gasteiger charge is 2.17. The van der Waals surface area contributed by atoms with Crippen LogP contribution in [0.2, 0.25) is 0 Å². The van der Waals surface area contributed by atoms with Crippen molar-refractivity contribution in [3.63, 3.8) is 0 Å². The summed E-state index contributed by atoms with van der Waals surface area (Å²) in [5.74, 6) is -1.01. The van der Waals surface area contributed by atoms with E-state index in [-0.39, 0.29) is 0 Å². The lowest BCUT2D eigenvalue weighted by molar-refractivity contribution is -0.139. The Balaban J connectivity index is 3.87. The van der Waals surface area contributed by atoms with Gasteiger partial charge in [0.05, 0.1) is 0 Å². The maximum Gasteiger partial charge on any atom is 0.326 e. The first-order valence-corrected chi connectivity index (χ1v) is 6.39. The molecule has 18 heavy (non-hydrogen) atoms. The van der Waals surface area contributed by atoms with Crippen molar-refractivity contribution >= 4 is 12.0 Å². The highest BCUT2D eigenvalue weighted by atomic mass is 16.4. The van der Waals surface area contributed by atoms with E-state index in [9.17, 15) is 9.59 Å². The largest absolute Gasteiger partial charge is 0.480 e. The summed E-state index contributed by atoms with van der Waals surface area (Å²) < 4.78 is 0. The van der Waals surface area contributed by atoms with Crippen molar-refractivity contribution in [1.29, 1.82) is 0 Å². The Kier molecular flexibility index (Phi) is 8.11. The molecule has 0 heterocycles. The van der Waals surface area contributed by atoms with Crippen molar-refractivity contribution in [3.8, 4) is 0 Å². The smallest absolute Gasteiger partial charge is 0.326 e. The molecule has 0 aliphatic carbocycles. The fraction of sp³-hybridized carbons (Fsp3) is 0.833. The van der Waals surface area contributed by atoms with Crippen molar-refractivity contribution in [3.05, 3.63) is 0 Å². The van der Waals surface area contributed by atoms with Gasteiger partial charge >= 0.3 is 12.0 Å². The van der Waals surface area contributed by atoms with Gasteiger partial charge in [0.15, 0.2) is 0 Å². The summed E-state index contributed by atoms with van der Waals surface area (Å²) in [5.41, 5.74) is 0. The van der Waals surface area contributed by atoms with Crippen LogP contribution in [0.5, 0.6) is 0 Å². The van der Waals surface area contributed by atoms with Crippen molar-refractivity contribution in [2.24, 2.45) is 0 Å². The van der Waals surface area contributed by atoms with E-state index in [1.54, 1.807) is 6.92 Å². The Morgan fingerprint density at radius 2 is 1.89 bits per heavy atom. The van der Waals surface area contributed by atoms with E-state index in [0.29, 0.717) is 19.0 Å². The third kappa shape index (κ3) is 6.44. The summed E-state index contributed by atoms with van der Waals surface area (Å²) in [6, 6.07) is -0.781. The van der Waals surface area contributed by atoms with Gasteiger partial charge in [-0.3, -0.25) is 0 Å². The van der Waals surface area contributed by atoms with Crippen molar-refractivity contribution < 1.29 is 14.7 Å². The number of nitrogens with zero attached hydrogens (tertiary/aromatic N) is 1. The number of carboxylic acid groups (broad SMARTS) is 1. The number of likely N-dealkylation sites (N-methyl/N-ethyl adjacent to an activating group) is 1. The molecule has 0 saturated carbocycles. The lowest BCUT2D eigenvalue weighted by atomic mass is 10.2. The molecule has 0 spiro atoms. The Bertz CT molecular complexity index is 271. The topological polar surface area (TPSA) is 81.7 Å². The molecule has 0 fully saturated rings. The average molecular weight is 259 g/mol. The van der Waals surface area contributed by atoms with Gasteiger partial charge in [0.25, 0.3) is 0 Å². The number of amides is 2. The number of hydrogen-bond donors (Lipinski definition) is 3. The third-order valence-electron chi connectivity index (χ3n) is 3.11. The van der Waals surface area contributed by atoms with Crippen LogP contribution < -0.4 is 10.6 Å². The van der Waals surface area contributed by atoms with Crippen LogP contribution in [-0.4, -0.2) is 54.2 Å². The summed E-state index contributed by atoms with van der Waals surface area (Å²) in [7, 11) is 2.00. The molecule has 0 aliphatic rings. The average Bonchev–Trinajstić information content (AvgIpc) is 2.34. The fourth-order valence-electron chi connectivity index (χ4n) is 1.43. The predicted octanol–water partition coefficient (Wildman–Crippen LogP) is 0.879. The van der Waals surface area contributed by atoms with Crippen molar-refractivity contribution in [2.45, 2.75) is 45.7 Å². The van der Waals surface area contributed by atoms with Gasteiger partial charge in [-0.05, 0) is 26.8 Å². The predicted molar refractivity (Wildman–Crippen MR) is 70.6 cm³/mol. The van der Waals surface area contributed by atoms with E-state index in [0.717, 1.165) is 13.0 Å². The molecule has 0 bridgehead atoms. The Labute approximate surface area is 109 Å². The van der Waals surface area contributed by atoms with Gasteiger partial charge < -0.3 is 20.6 Å². The minimum absolute atomic E-state index is 0.371. The van der Waals surface area contributed by atoms with E-state index in [2.05, 4.69) is 29.4 Å². The van der Waals surface area contributed by atoms with Crippen LogP contribution in [-0.2, 0) is 4.79 Å². The van der Waals surface area contributed by atoms with Crippen LogP contribution in [0.1, 0.15) is 33.6 Å². The number of carbonyl (C=O) groups excluding carboxylic acids is 1. The molecule has 0 aromatic rings. The van der Waals surface area contributed by atoms with E-state index in [1.807, 2.05) is 7.05 Å². The van der Waals surface area contributed by atoms with Gasteiger partial charge in [0, 0.05) is 19.1 Å². The molecule has 0 aliphatic heterocycles. The van der Waals surface area contributed by atoms with E-state index in [4.69, 9.17) is 5.11 Å². The van der Waals surface area contributed by atoms with E-state index >= 15 is 0 Å². The zero-order chi connectivity index (χ0) is 14.1. The molecule has 2 amide bonds. The Hall–Kier alpha value is -1.30. The highest BCUT2D eigenvalue weighted by molar-refractivity contribution is 5.82. The van der Waals surface area contributed by atoms with E-state index < -0.39 is 18.0 Å². The first-order valence-electron chi connectivity index (χ1n) is 6.39. The standard InChI is InChI=1S/C12H25N3O3/c1-5-9(3)15(4)8-7-13-12(18)14-10(6-2)11(16)17/h9-10H,5-8H2,1-4H3,(H,16,17)(H2,13,14,18)/t9?,10-/m0/s1. The summed E-state index contributed by atoms with van der Waals surface area (Å²) in [5, 5.41) is 13.9. The van der Waals surface area contributed by atoms with Crippen LogP contribution in [0.25, 0.3) is 0 Å². The number of carbonyl (C=O) groups is 2.